The van der Waals surface area contributed by atoms with Gasteiger partial charge in [0.15, 0.2) is 0 Å². The van der Waals surface area contributed by atoms with Gasteiger partial charge >= 0.3 is 0 Å². The zero-order chi connectivity index (χ0) is 25.3. The van der Waals surface area contributed by atoms with Crippen molar-refractivity contribution >= 4 is 5.91 Å². The number of carbonyl (C=O) groups is 1. The highest BCUT2D eigenvalue weighted by molar-refractivity contribution is 5.97. The minimum atomic E-state index is -1.49. The largest absolute Gasteiger partial charge is 0.377 e. The van der Waals surface area contributed by atoms with Crippen LogP contribution in [0.25, 0.3) is 11.3 Å². The Labute approximate surface area is 211 Å². The van der Waals surface area contributed by atoms with Crippen LogP contribution in [-0.2, 0) is 17.0 Å². The number of halogens is 1. The number of methoxy groups -OCH3 is 1. The van der Waals surface area contributed by atoms with Crippen LogP contribution in [0.5, 0.6) is 0 Å². The van der Waals surface area contributed by atoms with E-state index in [1.165, 1.54) is 12.0 Å². The molecule has 0 bridgehead atoms. The lowest BCUT2D eigenvalue weighted by atomic mass is 9.76. The first-order valence-corrected chi connectivity index (χ1v) is 12.6. The second-order valence-corrected chi connectivity index (χ2v) is 10.0. The molecule has 2 aromatic carbocycles. The van der Waals surface area contributed by atoms with E-state index in [9.17, 15) is 4.79 Å². The second kappa shape index (κ2) is 9.87. The fourth-order valence-electron chi connectivity index (χ4n) is 5.33. The molecule has 1 saturated heterocycles. The number of piperidine rings is 1. The van der Waals surface area contributed by atoms with Gasteiger partial charge in [-0.25, -0.2) is 9.37 Å². The Bertz CT molecular complexity index is 1300. The smallest absolute Gasteiger partial charge is 0.254 e. The number of carbonyl (C=O) groups excluding carboxylic acids is 1. The first kappa shape index (κ1) is 24.2. The highest BCUT2D eigenvalue weighted by Gasteiger charge is 2.38. The molecule has 7 heteroatoms. The summed E-state index contributed by atoms with van der Waals surface area (Å²) in [5.74, 6) is 1.18. The molecule has 0 spiro atoms. The number of imidazole rings is 1. The lowest BCUT2D eigenvalue weighted by Crippen LogP contribution is -2.43. The number of H-pyrrole nitrogens is 1. The van der Waals surface area contributed by atoms with E-state index in [4.69, 9.17) is 10.00 Å². The molecule has 1 amide bonds. The fourth-order valence-corrected chi connectivity index (χ4v) is 5.33. The number of nitrogens with one attached hydrogen (secondary N) is 1. The first-order chi connectivity index (χ1) is 17.4. The van der Waals surface area contributed by atoms with Crippen LogP contribution in [0.4, 0.5) is 4.39 Å². The van der Waals surface area contributed by atoms with Gasteiger partial charge in [-0.15, -0.1) is 0 Å². The van der Waals surface area contributed by atoms with Gasteiger partial charge in [0, 0.05) is 44.2 Å². The molecular weight excluding hydrogens is 455 g/mol. The van der Waals surface area contributed by atoms with E-state index in [1.807, 2.05) is 19.2 Å². The Morgan fingerprint density at radius 2 is 1.97 bits per heavy atom. The molecule has 3 aromatic rings. The van der Waals surface area contributed by atoms with Crippen LogP contribution >= 0.6 is 0 Å². The number of ether oxygens (including phenoxy) is 1. The summed E-state index contributed by atoms with van der Waals surface area (Å²) in [7, 11) is 1.64. The first-order valence-electron chi connectivity index (χ1n) is 12.6. The number of nitriles is 1. The van der Waals surface area contributed by atoms with Crippen molar-refractivity contribution in [3.63, 3.8) is 0 Å². The number of nitrogens with zero attached hydrogens (tertiary/aromatic N) is 3. The molecule has 5 rings (SSSR count). The molecule has 1 aromatic heterocycles. The van der Waals surface area contributed by atoms with Crippen molar-refractivity contribution in [3.05, 3.63) is 76.2 Å². The summed E-state index contributed by atoms with van der Waals surface area (Å²) in [4.78, 5) is 23.2. The highest BCUT2D eigenvalue weighted by Crippen LogP contribution is 2.42. The van der Waals surface area contributed by atoms with Gasteiger partial charge in [-0.3, -0.25) is 4.79 Å². The van der Waals surface area contributed by atoms with Crippen molar-refractivity contribution in [2.75, 3.05) is 20.2 Å². The van der Waals surface area contributed by atoms with E-state index in [0.717, 1.165) is 35.5 Å². The zero-order valence-corrected chi connectivity index (χ0v) is 20.8. The van der Waals surface area contributed by atoms with Crippen LogP contribution in [0.1, 0.15) is 76.5 Å². The van der Waals surface area contributed by atoms with Crippen LogP contribution < -0.4 is 0 Å². The summed E-state index contributed by atoms with van der Waals surface area (Å²) in [5, 5.41) is 9.01. The van der Waals surface area contributed by atoms with E-state index in [2.05, 4.69) is 22.1 Å². The molecule has 1 aliphatic heterocycles. The van der Waals surface area contributed by atoms with Crippen LogP contribution in [-0.4, -0.2) is 41.0 Å². The molecule has 2 fully saturated rings. The van der Waals surface area contributed by atoms with Crippen LogP contribution in [0, 0.1) is 18.3 Å². The summed E-state index contributed by atoms with van der Waals surface area (Å²) in [6.45, 7) is 3.07. The maximum atomic E-state index is 15.8. The van der Waals surface area contributed by atoms with Crippen LogP contribution in [0.3, 0.4) is 0 Å². The van der Waals surface area contributed by atoms with Gasteiger partial charge < -0.3 is 14.6 Å². The molecule has 186 valence electrons. The molecule has 1 saturated carbocycles. The van der Waals surface area contributed by atoms with Crippen molar-refractivity contribution in [1.29, 1.82) is 5.26 Å². The molecule has 1 aliphatic carbocycles. The lowest BCUT2D eigenvalue weighted by molar-refractivity contribution is 0.0421. The maximum absolute atomic E-state index is 15.8. The number of aromatic nitrogens is 2. The number of benzene rings is 2. The Kier molecular flexibility index (Phi) is 6.63. The number of rotatable bonds is 6. The number of aromatic amines is 1. The van der Waals surface area contributed by atoms with Gasteiger partial charge in [0.2, 0.25) is 0 Å². The molecule has 0 unspecified atom stereocenters. The number of hydrogen-bond donors (Lipinski definition) is 1. The molecule has 6 nitrogen and oxygen atoms in total. The fraction of sp³-hybridized carbons (Fsp3) is 0.414. The lowest BCUT2D eigenvalue weighted by Gasteiger charge is -2.37. The van der Waals surface area contributed by atoms with Gasteiger partial charge in [-0.05, 0) is 60.6 Å². The molecule has 2 heterocycles. The molecule has 36 heavy (non-hydrogen) atoms. The van der Waals surface area contributed by atoms with Gasteiger partial charge in [-0.2, -0.15) is 5.26 Å². The average molecular weight is 487 g/mol. The standard InChI is InChI=1S/C29H31FN4O2/c1-19-14-24(21-4-3-5-21)25(26-17-32-27(33-26)18-36-2)15-23(19)28(35)34-12-10-29(30,11-13-34)22-8-6-20(16-31)7-9-22/h6-9,14-15,17,21H,3-5,10-13,18H2,1-2H3,(H,32,33). The van der Waals surface area contributed by atoms with Crippen molar-refractivity contribution < 1.29 is 13.9 Å². The van der Waals surface area contributed by atoms with E-state index in [1.54, 1.807) is 36.3 Å². The second-order valence-electron chi connectivity index (χ2n) is 10.0. The summed E-state index contributed by atoms with van der Waals surface area (Å²) < 4.78 is 21.0. The number of alkyl halides is 1. The minimum absolute atomic E-state index is 0.0626. The Hall–Kier alpha value is -3.50. The van der Waals surface area contributed by atoms with E-state index in [0.29, 0.717) is 42.3 Å². The van der Waals surface area contributed by atoms with Gasteiger partial charge in [0.05, 0.1) is 23.5 Å². The topological polar surface area (TPSA) is 82.0 Å². The van der Waals surface area contributed by atoms with E-state index in [-0.39, 0.29) is 18.7 Å². The van der Waals surface area contributed by atoms with Crippen molar-refractivity contribution in [2.24, 2.45) is 0 Å². The zero-order valence-electron chi connectivity index (χ0n) is 20.8. The van der Waals surface area contributed by atoms with Gasteiger partial charge in [0.25, 0.3) is 5.91 Å². The maximum Gasteiger partial charge on any atom is 0.254 e. The Balaban J connectivity index is 1.39. The predicted octanol–water partition coefficient (Wildman–Crippen LogP) is 5.77. The van der Waals surface area contributed by atoms with Crippen molar-refractivity contribution in [2.45, 2.75) is 57.2 Å². The normalized spacial score (nSPS) is 17.4. The third-order valence-electron chi connectivity index (χ3n) is 7.75. The van der Waals surface area contributed by atoms with Crippen molar-refractivity contribution in [1.82, 2.24) is 14.9 Å². The minimum Gasteiger partial charge on any atom is -0.377 e. The highest BCUT2D eigenvalue weighted by atomic mass is 19.1. The van der Waals surface area contributed by atoms with E-state index >= 15 is 4.39 Å². The molecule has 2 aliphatic rings. The van der Waals surface area contributed by atoms with Crippen molar-refractivity contribution in [3.8, 4) is 17.3 Å². The number of hydrogen-bond acceptors (Lipinski definition) is 4. The molecular formula is C29H31FN4O2. The molecule has 1 N–H and O–H groups in total. The Morgan fingerprint density at radius 1 is 1.25 bits per heavy atom. The Morgan fingerprint density at radius 3 is 2.58 bits per heavy atom. The average Bonchev–Trinajstić information content (AvgIpc) is 3.32. The summed E-state index contributed by atoms with van der Waals surface area (Å²) in [6.07, 6.45) is 5.80. The number of likely N-dealkylation sites (tertiary alicyclic amines) is 1. The van der Waals surface area contributed by atoms with Gasteiger partial charge in [0.1, 0.15) is 18.1 Å². The molecule has 0 radical (unpaired) electrons. The van der Waals surface area contributed by atoms with Crippen LogP contribution in [0.15, 0.2) is 42.6 Å². The number of amides is 1. The summed E-state index contributed by atoms with van der Waals surface area (Å²) in [6, 6.07) is 12.9. The molecule has 0 atom stereocenters. The summed E-state index contributed by atoms with van der Waals surface area (Å²) in [5.41, 5.74) is 4.35. The van der Waals surface area contributed by atoms with Gasteiger partial charge in [-0.1, -0.05) is 24.6 Å². The van der Waals surface area contributed by atoms with Crippen LogP contribution in [0.2, 0.25) is 0 Å². The monoisotopic (exact) mass is 486 g/mol. The summed E-state index contributed by atoms with van der Waals surface area (Å²) >= 11 is 0. The predicted molar refractivity (Wildman–Crippen MR) is 135 cm³/mol. The van der Waals surface area contributed by atoms with E-state index < -0.39 is 5.67 Å². The third kappa shape index (κ3) is 4.54. The third-order valence-corrected chi connectivity index (χ3v) is 7.75. The quantitative estimate of drug-likeness (QED) is 0.479. The number of aryl methyl sites for hydroxylation is 1. The SMILES string of the molecule is COCc1ncc(-c2cc(C(=O)N3CCC(F)(c4ccc(C#N)cc4)CC3)c(C)cc2C2CCC2)[nH]1.